The molecule has 3 N–H and O–H groups in total. The van der Waals surface area contributed by atoms with Crippen LogP contribution in [0.5, 0.6) is 0 Å². The van der Waals surface area contributed by atoms with Gasteiger partial charge in [-0.25, -0.2) is 17.5 Å². The lowest BCUT2D eigenvalue weighted by atomic mass is 9.88. The molecule has 0 heterocycles. The molecule has 1 fully saturated rings. The third-order valence-corrected chi connectivity index (χ3v) is 5.35. The van der Waals surface area contributed by atoms with Crippen molar-refractivity contribution >= 4 is 15.7 Å². The highest BCUT2D eigenvalue weighted by Gasteiger charge is 2.37. The molecule has 0 radical (unpaired) electrons. The van der Waals surface area contributed by atoms with E-state index in [1.54, 1.807) is 0 Å². The number of nitrogen functional groups attached to an aromatic ring is 1. The highest BCUT2D eigenvalue weighted by atomic mass is 32.2. The first-order chi connectivity index (χ1) is 8.72. The molecule has 1 aromatic carbocycles. The molecule has 19 heavy (non-hydrogen) atoms. The number of halogens is 1. The van der Waals surface area contributed by atoms with E-state index in [1.165, 1.54) is 6.07 Å². The number of anilines is 1. The van der Waals surface area contributed by atoms with Crippen LogP contribution < -0.4 is 10.5 Å². The van der Waals surface area contributed by atoms with Crippen molar-refractivity contribution in [3.05, 3.63) is 24.0 Å². The van der Waals surface area contributed by atoms with Crippen LogP contribution >= 0.6 is 0 Å². The van der Waals surface area contributed by atoms with E-state index in [2.05, 4.69) is 4.72 Å². The summed E-state index contributed by atoms with van der Waals surface area (Å²) in [7, 11) is -3.78. The van der Waals surface area contributed by atoms with Gasteiger partial charge < -0.3 is 5.73 Å². The number of nitrogens with one attached hydrogen (secondary N) is 1. The topological polar surface area (TPSA) is 72.2 Å². The van der Waals surface area contributed by atoms with E-state index < -0.39 is 15.8 Å². The van der Waals surface area contributed by atoms with E-state index >= 15 is 0 Å². The molecule has 0 aliphatic heterocycles. The molecule has 4 nitrogen and oxygen atoms in total. The molecule has 0 saturated heterocycles. The maximum Gasteiger partial charge on any atom is 0.242 e. The van der Waals surface area contributed by atoms with Gasteiger partial charge in [-0.05, 0) is 36.5 Å². The fourth-order valence-corrected chi connectivity index (χ4v) is 4.12. The van der Waals surface area contributed by atoms with Crippen LogP contribution in [-0.4, -0.2) is 14.5 Å². The molecular weight excluding hydrogens is 267 g/mol. The fourth-order valence-electron chi connectivity index (χ4n) is 2.54. The number of sulfonamides is 1. The Morgan fingerprint density at radius 1 is 1.42 bits per heavy atom. The summed E-state index contributed by atoms with van der Waals surface area (Å²) < 4.78 is 40.4. The molecule has 106 valence electrons. The van der Waals surface area contributed by atoms with Crippen LogP contribution in [0, 0.1) is 11.2 Å². The summed E-state index contributed by atoms with van der Waals surface area (Å²) in [6, 6.07) is 3.23. The predicted octanol–water partition coefficient (Wildman–Crippen LogP) is 2.26. The molecule has 0 amide bonds. The quantitative estimate of drug-likeness (QED) is 0.837. The van der Waals surface area contributed by atoms with Crippen molar-refractivity contribution in [1.29, 1.82) is 0 Å². The van der Waals surface area contributed by atoms with Crippen molar-refractivity contribution in [3.8, 4) is 0 Å². The van der Waals surface area contributed by atoms with Gasteiger partial charge in [0.05, 0.1) is 5.69 Å². The van der Waals surface area contributed by atoms with E-state index in [4.69, 9.17) is 5.73 Å². The van der Waals surface area contributed by atoms with Gasteiger partial charge in [-0.2, -0.15) is 0 Å². The Hall–Kier alpha value is -1.14. The van der Waals surface area contributed by atoms with Gasteiger partial charge >= 0.3 is 0 Å². The van der Waals surface area contributed by atoms with E-state index in [-0.39, 0.29) is 22.0 Å². The molecular formula is C13H19FN2O2S. The van der Waals surface area contributed by atoms with Crippen LogP contribution in [0.1, 0.15) is 33.1 Å². The first kappa shape index (κ1) is 14.3. The molecule has 1 aliphatic carbocycles. The lowest BCUT2D eigenvalue weighted by Crippen LogP contribution is -2.41. The molecule has 0 aromatic heterocycles. The minimum atomic E-state index is -3.78. The summed E-state index contributed by atoms with van der Waals surface area (Å²) in [6.07, 6.45) is 2.75. The van der Waals surface area contributed by atoms with Crippen LogP contribution in [0.2, 0.25) is 0 Å². The Balaban J connectivity index is 2.31. The number of rotatable bonds is 3. The molecule has 0 bridgehead atoms. The molecule has 2 rings (SSSR count). The number of hydrogen-bond acceptors (Lipinski definition) is 3. The summed E-state index contributed by atoms with van der Waals surface area (Å²) >= 11 is 0. The minimum absolute atomic E-state index is 0.0599. The minimum Gasteiger partial charge on any atom is -0.398 e. The van der Waals surface area contributed by atoms with Crippen molar-refractivity contribution in [3.63, 3.8) is 0 Å². The van der Waals surface area contributed by atoms with Crippen LogP contribution in [0.3, 0.4) is 0 Å². The Morgan fingerprint density at radius 3 is 2.68 bits per heavy atom. The summed E-state index contributed by atoms with van der Waals surface area (Å²) in [5.74, 6) is -0.611. The fraction of sp³-hybridized carbons (Fsp3) is 0.538. The van der Waals surface area contributed by atoms with Crippen LogP contribution in [0.25, 0.3) is 0 Å². The van der Waals surface area contributed by atoms with Crippen LogP contribution in [-0.2, 0) is 10.0 Å². The average molecular weight is 286 g/mol. The van der Waals surface area contributed by atoms with E-state index in [0.717, 1.165) is 31.4 Å². The summed E-state index contributed by atoms with van der Waals surface area (Å²) in [4.78, 5) is -0.185. The van der Waals surface area contributed by atoms with Crippen molar-refractivity contribution in [1.82, 2.24) is 4.72 Å². The Kier molecular flexibility index (Phi) is 3.57. The third kappa shape index (κ3) is 2.90. The zero-order valence-corrected chi connectivity index (χ0v) is 11.9. The van der Waals surface area contributed by atoms with Gasteiger partial charge in [0.15, 0.2) is 0 Å². The SMILES string of the molecule is CC1(C)CCCC1NS(=O)(=O)c1cc(F)ccc1N. The highest BCUT2D eigenvalue weighted by molar-refractivity contribution is 7.89. The number of benzene rings is 1. The van der Waals surface area contributed by atoms with Crippen molar-refractivity contribution in [2.75, 3.05) is 5.73 Å². The van der Waals surface area contributed by atoms with Gasteiger partial charge in [-0.1, -0.05) is 20.3 Å². The summed E-state index contributed by atoms with van der Waals surface area (Å²) in [5.41, 5.74) is 5.60. The van der Waals surface area contributed by atoms with Gasteiger partial charge in [-0.15, -0.1) is 0 Å². The third-order valence-electron chi connectivity index (χ3n) is 3.82. The summed E-state index contributed by atoms with van der Waals surface area (Å²) in [5, 5.41) is 0. The largest absolute Gasteiger partial charge is 0.398 e. The average Bonchev–Trinajstić information content (AvgIpc) is 2.61. The monoisotopic (exact) mass is 286 g/mol. The van der Waals surface area contributed by atoms with Crippen molar-refractivity contribution < 1.29 is 12.8 Å². The Morgan fingerprint density at radius 2 is 2.11 bits per heavy atom. The first-order valence-corrected chi connectivity index (χ1v) is 7.78. The van der Waals surface area contributed by atoms with E-state index in [1.807, 2.05) is 13.8 Å². The van der Waals surface area contributed by atoms with Gasteiger partial charge in [0.1, 0.15) is 10.7 Å². The molecule has 1 saturated carbocycles. The molecule has 0 spiro atoms. The van der Waals surface area contributed by atoms with Gasteiger partial charge in [0, 0.05) is 6.04 Å². The number of nitrogens with two attached hydrogens (primary N) is 1. The Bertz CT molecular complexity index is 584. The van der Waals surface area contributed by atoms with E-state index in [9.17, 15) is 12.8 Å². The zero-order chi connectivity index (χ0) is 14.3. The lowest BCUT2D eigenvalue weighted by molar-refractivity contribution is 0.313. The Labute approximate surface area is 113 Å². The second kappa shape index (κ2) is 4.76. The molecule has 6 heteroatoms. The number of hydrogen-bond donors (Lipinski definition) is 2. The zero-order valence-electron chi connectivity index (χ0n) is 11.1. The highest BCUT2D eigenvalue weighted by Crippen LogP contribution is 2.38. The lowest BCUT2D eigenvalue weighted by Gasteiger charge is -2.27. The van der Waals surface area contributed by atoms with Crippen LogP contribution in [0.15, 0.2) is 23.1 Å². The van der Waals surface area contributed by atoms with Gasteiger partial charge in [0.2, 0.25) is 10.0 Å². The molecule has 1 aliphatic rings. The predicted molar refractivity (Wildman–Crippen MR) is 72.6 cm³/mol. The second-order valence-corrected chi connectivity index (χ2v) is 7.42. The van der Waals surface area contributed by atoms with Crippen molar-refractivity contribution in [2.24, 2.45) is 5.41 Å². The maximum atomic E-state index is 13.2. The maximum absolute atomic E-state index is 13.2. The smallest absolute Gasteiger partial charge is 0.242 e. The normalized spacial score (nSPS) is 22.6. The van der Waals surface area contributed by atoms with E-state index in [0.29, 0.717) is 0 Å². The summed E-state index contributed by atoms with van der Waals surface area (Å²) in [6.45, 7) is 4.06. The van der Waals surface area contributed by atoms with Crippen LogP contribution in [0.4, 0.5) is 10.1 Å². The molecule has 1 aromatic rings. The second-order valence-electron chi connectivity index (χ2n) is 5.74. The standard InChI is InChI=1S/C13H19FN2O2S/c1-13(2)7-3-4-12(13)16-19(17,18)11-8-9(14)5-6-10(11)15/h5-6,8,12,16H,3-4,7,15H2,1-2H3. The van der Waals surface area contributed by atoms with Gasteiger partial charge in [-0.3, -0.25) is 0 Å². The first-order valence-electron chi connectivity index (χ1n) is 6.30. The molecule has 1 unspecified atom stereocenters. The molecule has 1 atom stereocenters. The van der Waals surface area contributed by atoms with Gasteiger partial charge in [0.25, 0.3) is 0 Å². The van der Waals surface area contributed by atoms with Crippen molar-refractivity contribution in [2.45, 2.75) is 44.0 Å².